The highest BCUT2D eigenvalue weighted by molar-refractivity contribution is 6.03. The molecule has 0 fully saturated rings. The molecule has 0 bridgehead atoms. The van der Waals surface area contributed by atoms with Crippen LogP contribution in [0.25, 0.3) is 11.5 Å². The summed E-state index contributed by atoms with van der Waals surface area (Å²) in [6.07, 6.45) is 1.64. The van der Waals surface area contributed by atoms with Gasteiger partial charge in [-0.2, -0.15) is 10.2 Å². The number of aromatic amines is 1. The van der Waals surface area contributed by atoms with Gasteiger partial charge < -0.3 is 0 Å². The number of anilines is 1. The third kappa shape index (κ3) is 2.81. The number of nitrogens with one attached hydrogen (secondary N) is 2. The van der Waals surface area contributed by atoms with Gasteiger partial charge in [-0.3, -0.25) is 20.2 Å². The SMILES string of the molecule is N#Cc1cccc(C(=O)Nc2n[nH]c(-c3ccccn3)n2)c1. The van der Waals surface area contributed by atoms with Gasteiger partial charge in [0.25, 0.3) is 5.91 Å². The average Bonchev–Trinajstić information content (AvgIpc) is 3.04. The summed E-state index contributed by atoms with van der Waals surface area (Å²) in [5.74, 6) is 0.221. The van der Waals surface area contributed by atoms with Gasteiger partial charge in [-0.05, 0) is 30.3 Å². The number of nitrogens with zero attached hydrogens (tertiary/aromatic N) is 4. The minimum Gasteiger partial charge on any atom is -0.289 e. The summed E-state index contributed by atoms with van der Waals surface area (Å²) in [6, 6.07) is 13.8. The predicted octanol–water partition coefficient (Wildman–Crippen LogP) is 1.99. The van der Waals surface area contributed by atoms with Crippen molar-refractivity contribution in [3.63, 3.8) is 0 Å². The van der Waals surface area contributed by atoms with Crippen molar-refractivity contribution in [3.8, 4) is 17.6 Å². The topological polar surface area (TPSA) is 107 Å². The first kappa shape index (κ1) is 13.5. The zero-order valence-corrected chi connectivity index (χ0v) is 11.3. The maximum absolute atomic E-state index is 12.1. The molecule has 2 N–H and O–H groups in total. The summed E-state index contributed by atoms with van der Waals surface area (Å²) in [5, 5.41) is 18.1. The van der Waals surface area contributed by atoms with Gasteiger partial charge in [-0.1, -0.05) is 12.1 Å². The number of rotatable bonds is 3. The molecular weight excluding hydrogens is 280 g/mol. The summed E-state index contributed by atoms with van der Waals surface area (Å²) in [6.45, 7) is 0. The molecular formula is C15H10N6O. The molecule has 0 saturated carbocycles. The van der Waals surface area contributed by atoms with Crippen LogP contribution in [0.4, 0.5) is 5.95 Å². The standard InChI is InChI=1S/C15H10N6O/c16-9-10-4-3-5-11(8-10)14(22)19-15-18-13(20-21-15)12-6-1-2-7-17-12/h1-8H,(H2,18,19,20,21,22). The van der Waals surface area contributed by atoms with Crippen LogP contribution in [0.5, 0.6) is 0 Å². The molecule has 106 valence electrons. The number of pyridine rings is 1. The van der Waals surface area contributed by atoms with Gasteiger partial charge in [0.2, 0.25) is 5.95 Å². The van der Waals surface area contributed by atoms with E-state index in [0.717, 1.165) is 0 Å². The van der Waals surface area contributed by atoms with Crippen molar-refractivity contribution in [3.05, 3.63) is 59.8 Å². The first-order valence-electron chi connectivity index (χ1n) is 6.41. The molecule has 2 aromatic heterocycles. The van der Waals surface area contributed by atoms with Crippen LogP contribution >= 0.6 is 0 Å². The Hall–Kier alpha value is -3.53. The number of nitriles is 1. The molecule has 3 aromatic rings. The van der Waals surface area contributed by atoms with Crippen molar-refractivity contribution in [2.24, 2.45) is 0 Å². The Morgan fingerprint density at radius 3 is 2.91 bits per heavy atom. The number of H-pyrrole nitrogens is 1. The summed E-state index contributed by atoms with van der Waals surface area (Å²) in [5.41, 5.74) is 1.40. The van der Waals surface area contributed by atoms with Crippen LogP contribution in [0, 0.1) is 11.3 Å². The summed E-state index contributed by atoms with van der Waals surface area (Å²) in [4.78, 5) is 20.4. The van der Waals surface area contributed by atoms with E-state index in [4.69, 9.17) is 5.26 Å². The number of aromatic nitrogens is 4. The van der Waals surface area contributed by atoms with Crippen molar-refractivity contribution >= 4 is 11.9 Å². The number of benzene rings is 1. The molecule has 1 amide bonds. The van der Waals surface area contributed by atoms with Crippen molar-refractivity contribution < 1.29 is 4.79 Å². The minimum absolute atomic E-state index is 0.146. The van der Waals surface area contributed by atoms with Crippen LogP contribution in [0.1, 0.15) is 15.9 Å². The highest BCUT2D eigenvalue weighted by Crippen LogP contribution is 2.13. The Morgan fingerprint density at radius 2 is 2.14 bits per heavy atom. The second kappa shape index (κ2) is 5.85. The quantitative estimate of drug-likeness (QED) is 0.767. The molecule has 7 heteroatoms. The summed E-state index contributed by atoms with van der Waals surface area (Å²) < 4.78 is 0. The number of hydrogen-bond acceptors (Lipinski definition) is 5. The van der Waals surface area contributed by atoms with E-state index >= 15 is 0 Å². The molecule has 7 nitrogen and oxygen atoms in total. The minimum atomic E-state index is -0.385. The molecule has 0 saturated heterocycles. The van der Waals surface area contributed by atoms with Crippen LogP contribution in [-0.2, 0) is 0 Å². The Bertz CT molecular complexity index is 850. The van der Waals surface area contributed by atoms with E-state index in [1.807, 2.05) is 12.1 Å². The smallest absolute Gasteiger partial charge is 0.258 e. The monoisotopic (exact) mass is 290 g/mol. The molecule has 0 radical (unpaired) electrons. The van der Waals surface area contributed by atoms with Crippen LogP contribution in [0.2, 0.25) is 0 Å². The normalized spacial score (nSPS) is 9.95. The van der Waals surface area contributed by atoms with Gasteiger partial charge in [0, 0.05) is 11.8 Å². The number of amides is 1. The fraction of sp³-hybridized carbons (Fsp3) is 0. The average molecular weight is 290 g/mol. The lowest BCUT2D eigenvalue weighted by Gasteiger charge is -2.00. The van der Waals surface area contributed by atoms with Gasteiger partial charge in [0.15, 0.2) is 5.82 Å². The van der Waals surface area contributed by atoms with E-state index in [-0.39, 0.29) is 11.9 Å². The van der Waals surface area contributed by atoms with Crippen LogP contribution in [-0.4, -0.2) is 26.1 Å². The van der Waals surface area contributed by atoms with Gasteiger partial charge in [-0.15, -0.1) is 5.10 Å². The second-order valence-electron chi connectivity index (χ2n) is 4.37. The number of carbonyl (C=O) groups is 1. The molecule has 0 unspecified atom stereocenters. The lowest BCUT2D eigenvalue weighted by Crippen LogP contribution is -2.13. The Labute approximate surface area is 125 Å². The van der Waals surface area contributed by atoms with E-state index in [2.05, 4.69) is 25.5 Å². The van der Waals surface area contributed by atoms with Crippen molar-refractivity contribution in [2.45, 2.75) is 0 Å². The molecule has 0 aliphatic rings. The molecule has 0 atom stereocenters. The van der Waals surface area contributed by atoms with Crippen LogP contribution in [0.15, 0.2) is 48.7 Å². The highest BCUT2D eigenvalue weighted by Gasteiger charge is 2.11. The van der Waals surface area contributed by atoms with E-state index in [1.54, 1.807) is 36.5 Å². The van der Waals surface area contributed by atoms with Crippen molar-refractivity contribution in [2.75, 3.05) is 5.32 Å². The Kier molecular flexibility index (Phi) is 3.58. The van der Waals surface area contributed by atoms with E-state index in [9.17, 15) is 4.79 Å². The van der Waals surface area contributed by atoms with Crippen LogP contribution in [0.3, 0.4) is 0 Å². The molecule has 1 aromatic carbocycles. The zero-order valence-electron chi connectivity index (χ0n) is 11.3. The fourth-order valence-corrected chi connectivity index (χ4v) is 1.84. The van der Waals surface area contributed by atoms with Gasteiger partial charge in [0.05, 0.1) is 11.6 Å². The summed E-state index contributed by atoms with van der Waals surface area (Å²) >= 11 is 0. The highest BCUT2D eigenvalue weighted by atomic mass is 16.1. The Balaban J connectivity index is 1.78. The first-order chi connectivity index (χ1) is 10.8. The molecule has 3 rings (SSSR count). The molecule has 0 spiro atoms. The van der Waals surface area contributed by atoms with Gasteiger partial charge in [0.1, 0.15) is 5.69 Å². The fourth-order valence-electron chi connectivity index (χ4n) is 1.84. The molecule has 0 aliphatic heterocycles. The summed E-state index contributed by atoms with van der Waals surface area (Å²) in [7, 11) is 0. The lowest BCUT2D eigenvalue weighted by atomic mass is 10.1. The lowest BCUT2D eigenvalue weighted by molar-refractivity contribution is 0.102. The molecule has 2 heterocycles. The number of carbonyl (C=O) groups excluding carboxylic acids is 1. The number of hydrogen-bond donors (Lipinski definition) is 2. The third-order valence-corrected chi connectivity index (χ3v) is 2.87. The van der Waals surface area contributed by atoms with E-state index in [0.29, 0.717) is 22.6 Å². The maximum atomic E-state index is 12.1. The Morgan fingerprint density at radius 1 is 1.23 bits per heavy atom. The van der Waals surface area contributed by atoms with Gasteiger partial charge in [-0.25, -0.2) is 0 Å². The predicted molar refractivity (Wildman–Crippen MR) is 78.7 cm³/mol. The van der Waals surface area contributed by atoms with E-state index < -0.39 is 0 Å². The van der Waals surface area contributed by atoms with Crippen LogP contribution < -0.4 is 5.32 Å². The first-order valence-corrected chi connectivity index (χ1v) is 6.41. The van der Waals surface area contributed by atoms with Gasteiger partial charge >= 0.3 is 0 Å². The van der Waals surface area contributed by atoms with Crippen molar-refractivity contribution in [1.29, 1.82) is 5.26 Å². The largest absolute Gasteiger partial charge is 0.289 e. The third-order valence-electron chi connectivity index (χ3n) is 2.87. The zero-order chi connectivity index (χ0) is 15.4. The second-order valence-corrected chi connectivity index (χ2v) is 4.37. The van der Waals surface area contributed by atoms with E-state index in [1.165, 1.54) is 6.07 Å². The molecule has 0 aliphatic carbocycles. The maximum Gasteiger partial charge on any atom is 0.258 e. The molecule has 22 heavy (non-hydrogen) atoms. The van der Waals surface area contributed by atoms with Crippen molar-refractivity contribution in [1.82, 2.24) is 20.2 Å².